The molecule has 0 aliphatic heterocycles. The van der Waals surface area contributed by atoms with E-state index in [-0.39, 0.29) is 0 Å². The summed E-state index contributed by atoms with van der Waals surface area (Å²) in [5, 5.41) is 20.3. The van der Waals surface area contributed by atoms with E-state index in [9.17, 15) is 10.2 Å². The predicted octanol–water partition coefficient (Wildman–Crippen LogP) is 2.46. The van der Waals surface area contributed by atoms with Gasteiger partial charge in [0.05, 0.1) is 6.10 Å². The number of hydrogen-bond acceptors (Lipinski definition) is 2. The first-order chi connectivity index (χ1) is 7.55. The molecule has 0 aliphatic rings. The first-order valence-corrected chi connectivity index (χ1v) is 5.27. The van der Waals surface area contributed by atoms with E-state index >= 15 is 0 Å². The fourth-order valence-corrected chi connectivity index (χ4v) is 1.65. The van der Waals surface area contributed by atoms with Crippen molar-refractivity contribution in [3.8, 4) is 0 Å². The molecule has 2 heteroatoms. The lowest BCUT2D eigenvalue weighted by Gasteiger charge is -2.31. The second-order valence-corrected chi connectivity index (χ2v) is 3.94. The maximum Gasteiger partial charge on any atom is 0.106 e. The van der Waals surface area contributed by atoms with Gasteiger partial charge in [0.25, 0.3) is 0 Å². The largest absolute Gasteiger partial charge is 0.388 e. The van der Waals surface area contributed by atoms with Crippen LogP contribution in [0.15, 0.2) is 55.6 Å². The molecule has 1 aromatic carbocycles. The van der Waals surface area contributed by atoms with E-state index in [4.69, 9.17) is 0 Å². The van der Waals surface area contributed by atoms with Gasteiger partial charge in [-0.3, -0.25) is 0 Å². The van der Waals surface area contributed by atoms with Gasteiger partial charge in [-0.25, -0.2) is 0 Å². The first kappa shape index (κ1) is 12.7. The molecule has 0 radical (unpaired) electrons. The van der Waals surface area contributed by atoms with Gasteiger partial charge >= 0.3 is 0 Å². The van der Waals surface area contributed by atoms with Crippen LogP contribution in [0.4, 0.5) is 0 Å². The minimum atomic E-state index is -1.25. The molecule has 86 valence electrons. The second kappa shape index (κ2) is 5.10. The molecule has 0 saturated heterocycles. The Bertz CT molecular complexity index is 348. The fraction of sp³-hybridized carbons (Fsp3) is 0.286. The summed E-state index contributed by atoms with van der Waals surface area (Å²) in [4.78, 5) is 0. The van der Waals surface area contributed by atoms with Crippen molar-refractivity contribution in [1.82, 2.24) is 0 Å². The highest BCUT2D eigenvalue weighted by atomic mass is 16.3. The first-order valence-electron chi connectivity index (χ1n) is 5.27. The molecule has 0 amide bonds. The van der Waals surface area contributed by atoms with Crippen molar-refractivity contribution in [2.24, 2.45) is 5.92 Å². The van der Waals surface area contributed by atoms with Gasteiger partial charge < -0.3 is 10.2 Å². The van der Waals surface area contributed by atoms with Crippen molar-refractivity contribution >= 4 is 0 Å². The van der Waals surface area contributed by atoms with Gasteiger partial charge in [0.1, 0.15) is 5.60 Å². The van der Waals surface area contributed by atoms with Gasteiger partial charge in [0, 0.05) is 5.92 Å². The molecular weight excluding hydrogens is 200 g/mol. The normalized spacial score (nSPS) is 15.2. The van der Waals surface area contributed by atoms with Crippen LogP contribution in [0.1, 0.15) is 18.6 Å². The Morgan fingerprint density at radius 1 is 1.19 bits per heavy atom. The molecule has 0 spiro atoms. The van der Waals surface area contributed by atoms with Gasteiger partial charge in [0.2, 0.25) is 0 Å². The van der Waals surface area contributed by atoms with Gasteiger partial charge in [-0.1, -0.05) is 62.6 Å². The highest BCUT2D eigenvalue weighted by Crippen LogP contribution is 2.31. The van der Waals surface area contributed by atoms with Crippen LogP contribution in [0.2, 0.25) is 0 Å². The molecule has 2 unspecified atom stereocenters. The summed E-state index contributed by atoms with van der Waals surface area (Å²) in [6.07, 6.45) is 2.05. The van der Waals surface area contributed by atoms with Crippen molar-refractivity contribution in [2.45, 2.75) is 18.6 Å². The lowest BCUT2D eigenvalue weighted by molar-refractivity contribution is 0.000187. The van der Waals surface area contributed by atoms with Crippen LogP contribution in [0.3, 0.4) is 0 Å². The van der Waals surface area contributed by atoms with E-state index in [1.165, 1.54) is 12.2 Å². The molecule has 0 fully saturated rings. The molecule has 0 aromatic heterocycles. The Kier molecular flexibility index (Phi) is 4.05. The molecule has 0 bridgehead atoms. The minimum Gasteiger partial charge on any atom is -0.388 e. The van der Waals surface area contributed by atoms with Gasteiger partial charge in [-0.15, -0.1) is 0 Å². The van der Waals surface area contributed by atoms with Crippen molar-refractivity contribution in [2.75, 3.05) is 0 Å². The molecule has 2 N–H and O–H groups in total. The molecule has 1 aromatic rings. The summed E-state index contributed by atoms with van der Waals surface area (Å²) < 4.78 is 0. The maximum absolute atomic E-state index is 10.1. The number of rotatable bonds is 5. The Morgan fingerprint density at radius 2 is 1.69 bits per heavy atom. The molecule has 2 nitrogen and oxygen atoms in total. The van der Waals surface area contributed by atoms with Crippen molar-refractivity contribution in [3.05, 3.63) is 61.2 Å². The summed E-state index contributed by atoms with van der Waals surface area (Å²) in [6, 6.07) is 9.24. The Labute approximate surface area is 96.6 Å². The van der Waals surface area contributed by atoms with E-state index in [0.29, 0.717) is 0 Å². The second-order valence-electron chi connectivity index (χ2n) is 3.94. The third-order valence-corrected chi connectivity index (χ3v) is 3.00. The van der Waals surface area contributed by atoms with E-state index < -0.39 is 17.6 Å². The zero-order valence-corrected chi connectivity index (χ0v) is 9.50. The van der Waals surface area contributed by atoms with Crippen LogP contribution in [-0.2, 0) is 0 Å². The van der Waals surface area contributed by atoms with E-state index in [1.807, 2.05) is 30.3 Å². The highest BCUT2D eigenvalue weighted by molar-refractivity contribution is 5.22. The third-order valence-electron chi connectivity index (χ3n) is 3.00. The van der Waals surface area contributed by atoms with Crippen LogP contribution in [0.5, 0.6) is 0 Å². The highest BCUT2D eigenvalue weighted by Gasteiger charge is 2.33. The van der Waals surface area contributed by atoms with E-state index in [1.54, 1.807) is 6.92 Å². The zero-order valence-electron chi connectivity index (χ0n) is 9.50. The lowest BCUT2D eigenvalue weighted by Crippen LogP contribution is -2.35. The fourth-order valence-electron chi connectivity index (χ4n) is 1.65. The molecule has 16 heavy (non-hydrogen) atoms. The molecular formula is C14H18O2. The van der Waals surface area contributed by atoms with Crippen LogP contribution in [-0.4, -0.2) is 15.8 Å². The number of benzene rings is 1. The summed E-state index contributed by atoms with van der Waals surface area (Å²) in [6.45, 7) is 8.90. The predicted molar refractivity (Wildman–Crippen MR) is 65.9 cm³/mol. The molecule has 0 aliphatic carbocycles. The average molecular weight is 218 g/mol. The van der Waals surface area contributed by atoms with Gasteiger partial charge in [0.15, 0.2) is 0 Å². The standard InChI is InChI=1S/C14H18O2/c1-4-14(16,5-2)11(3)13(15)12-9-7-6-8-10-12/h4-11,13,15-16H,1-2H2,3H3. The summed E-state index contributed by atoms with van der Waals surface area (Å²) >= 11 is 0. The van der Waals surface area contributed by atoms with Crippen LogP contribution in [0, 0.1) is 5.92 Å². The van der Waals surface area contributed by atoms with Crippen LogP contribution in [0.25, 0.3) is 0 Å². The zero-order chi connectivity index (χ0) is 12.2. The van der Waals surface area contributed by atoms with E-state index in [2.05, 4.69) is 13.2 Å². The van der Waals surface area contributed by atoms with Crippen molar-refractivity contribution < 1.29 is 10.2 Å². The van der Waals surface area contributed by atoms with Crippen LogP contribution < -0.4 is 0 Å². The van der Waals surface area contributed by atoms with E-state index in [0.717, 1.165) is 5.56 Å². The topological polar surface area (TPSA) is 40.5 Å². The summed E-state index contributed by atoms with van der Waals surface area (Å²) in [7, 11) is 0. The van der Waals surface area contributed by atoms with Gasteiger partial charge in [-0.2, -0.15) is 0 Å². The maximum atomic E-state index is 10.1. The number of aliphatic hydroxyl groups is 2. The quantitative estimate of drug-likeness (QED) is 0.745. The average Bonchev–Trinajstić information content (AvgIpc) is 2.37. The van der Waals surface area contributed by atoms with Crippen LogP contribution >= 0.6 is 0 Å². The minimum absolute atomic E-state index is 0.398. The molecule has 0 saturated carbocycles. The monoisotopic (exact) mass is 218 g/mol. The lowest BCUT2D eigenvalue weighted by atomic mass is 9.82. The molecule has 2 atom stereocenters. The molecule has 1 rings (SSSR count). The summed E-state index contributed by atoms with van der Waals surface area (Å²) in [5.41, 5.74) is -0.480. The van der Waals surface area contributed by atoms with Gasteiger partial charge in [-0.05, 0) is 5.56 Å². The SMILES string of the molecule is C=CC(O)(C=C)C(C)C(O)c1ccccc1. The number of hydrogen-bond donors (Lipinski definition) is 2. The van der Waals surface area contributed by atoms with Crippen molar-refractivity contribution in [3.63, 3.8) is 0 Å². The molecule has 0 heterocycles. The third kappa shape index (κ3) is 2.40. The summed E-state index contributed by atoms with van der Waals surface area (Å²) in [5.74, 6) is -0.398. The van der Waals surface area contributed by atoms with Crippen molar-refractivity contribution in [1.29, 1.82) is 0 Å². The smallest absolute Gasteiger partial charge is 0.106 e. The number of aliphatic hydroxyl groups excluding tert-OH is 1. The Balaban J connectivity index is 2.94. The Hall–Kier alpha value is -1.38. The Morgan fingerprint density at radius 3 is 2.12 bits per heavy atom.